The van der Waals surface area contributed by atoms with E-state index in [4.69, 9.17) is 9.52 Å². The van der Waals surface area contributed by atoms with E-state index in [9.17, 15) is 31.5 Å². The predicted octanol–water partition coefficient (Wildman–Crippen LogP) is 3.14. The second-order valence-corrected chi connectivity index (χ2v) is 12.8. The Bertz CT molecular complexity index is 1830. The van der Waals surface area contributed by atoms with Crippen LogP contribution in [0.1, 0.15) is 23.0 Å². The van der Waals surface area contributed by atoms with E-state index >= 15 is 0 Å². The zero-order chi connectivity index (χ0) is 30.1. The average molecular weight is 602 g/mol. The Kier molecular flexibility index (Phi) is 8.22. The molecular weight excluding hydrogens is 574 g/mol. The highest BCUT2D eigenvalue weighted by Gasteiger charge is 2.29. The van der Waals surface area contributed by atoms with Gasteiger partial charge in [-0.25, -0.2) is 16.8 Å². The number of fused-ring (bicyclic) bond motifs is 1. The fraction of sp³-hybridized carbons (Fsp3) is 0.185. The Hall–Kier alpha value is -4.24. The summed E-state index contributed by atoms with van der Waals surface area (Å²) in [6.45, 7) is 2.83. The Labute approximate surface area is 236 Å². The summed E-state index contributed by atoms with van der Waals surface area (Å²) in [5.41, 5.74) is 2.94. The Balaban J connectivity index is 1.50. The number of benzene rings is 3. The van der Waals surface area contributed by atoms with E-state index in [0.717, 1.165) is 6.26 Å². The molecule has 0 bridgehead atoms. The standard InChI is InChI=1S/C27H27N3O9S2/c1-15-23-21(29-40(3,35)36)5-4-6-22(23)39-25(15)26(32)28-19-11-7-17(8-12-19)18-9-13-20(14-10-18)41(37,38)30-24(16(2)31)27(33)34/h4-14,16,24,29-31H,1-3H3,(H,28,32)(H,33,34)/t16?,24-/m0/s1. The summed E-state index contributed by atoms with van der Waals surface area (Å²) in [6.07, 6.45) is -0.409. The van der Waals surface area contributed by atoms with Gasteiger partial charge < -0.3 is 19.9 Å². The largest absolute Gasteiger partial charge is 0.480 e. The first kappa shape index (κ1) is 29.7. The third kappa shape index (κ3) is 6.74. The lowest BCUT2D eigenvalue weighted by Crippen LogP contribution is -2.47. The number of aliphatic carboxylic acids is 1. The molecule has 1 unspecified atom stereocenters. The van der Waals surface area contributed by atoms with Crippen LogP contribution in [0.25, 0.3) is 22.1 Å². The lowest BCUT2D eigenvalue weighted by Gasteiger charge is -2.17. The van der Waals surface area contributed by atoms with E-state index in [1.165, 1.54) is 19.1 Å². The minimum absolute atomic E-state index is 0.0259. The Morgan fingerprint density at radius 2 is 1.49 bits per heavy atom. The second kappa shape index (κ2) is 11.3. The van der Waals surface area contributed by atoms with Crippen molar-refractivity contribution >= 4 is 54.3 Å². The average Bonchev–Trinajstić information content (AvgIpc) is 3.24. The fourth-order valence-electron chi connectivity index (χ4n) is 4.16. The van der Waals surface area contributed by atoms with Gasteiger partial charge in [-0.1, -0.05) is 30.3 Å². The summed E-state index contributed by atoms with van der Waals surface area (Å²) >= 11 is 0. The quantitative estimate of drug-likeness (QED) is 0.182. The number of furan rings is 1. The van der Waals surface area contributed by atoms with E-state index in [2.05, 4.69) is 10.0 Å². The molecule has 0 saturated carbocycles. The first-order chi connectivity index (χ1) is 19.2. The number of anilines is 2. The molecule has 0 aliphatic rings. The predicted molar refractivity (Wildman–Crippen MR) is 153 cm³/mol. The number of aryl methyl sites for hydroxylation is 1. The van der Waals surface area contributed by atoms with Gasteiger partial charge in [0.05, 0.1) is 22.9 Å². The third-order valence-corrected chi connectivity index (χ3v) is 8.17. The molecule has 2 atom stereocenters. The highest BCUT2D eigenvalue weighted by molar-refractivity contribution is 7.92. The minimum atomic E-state index is -4.20. The number of sulfonamides is 2. The summed E-state index contributed by atoms with van der Waals surface area (Å²) in [6, 6.07) is 15.5. The molecule has 4 rings (SSSR count). The molecule has 5 N–H and O–H groups in total. The van der Waals surface area contributed by atoms with Crippen molar-refractivity contribution in [3.8, 4) is 11.1 Å². The van der Waals surface area contributed by atoms with Gasteiger partial charge in [-0.15, -0.1) is 0 Å². The highest BCUT2D eigenvalue weighted by Crippen LogP contribution is 2.32. The zero-order valence-electron chi connectivity index (χ0n) is 22.1. The van der Waals surface area contributed by atoms with Crippen LogP contribution in [-0.4, -0.2) is 57.3 Å². The third-order valence-electron chi connectivity index (χ3n) is 6.13. The molecule has 3 aromatic carbocycles. The molecule has 0 fully saturated rings. The van der Waals surface area contributed by atoms with Crippen LogP contribution in [0.15, 0.2) is 76.0 Å². The van der Waals surface area contributed by atoms with Crippen molar-refractivity contribution in [2.45, 2.75) is 30.9 Å². The number of aliphatic hydroxyl groups is 1. The normalized spacial score (nSPS) is 13.5. The van der Waals surface area contributed by atoms with Crippen LogP contribution in [0.3, 0.4) is 0 Å². The monoisotopic (exact) mass is 601 g/mol. The first-order valence-corrected chi connectivity index (χ1v) is 15.5. The maximum Gasteiger partial charge on any atom is 0.324 e. The summed E-state index contributed by atoms with van der Waals surface area (Å²) in [5, 5.41) is 21.9. The maximum atomic E-state index is 13.0. The van der Waals surface area contributed by atoms with Crippen molar-refractivity contribution in [3.63, 3.8) is 0 Å². The Morgan fingerprint density at radius 1 is 0.902 bits per heavy atom. The van der Waals surface area contributed by atoms with Crippen LogP contribution in [0.2, 0.25) is 0 Å². The molecule has 216 valence electrons. The van der Waals surface area contributed by atoms with Gasteiger partial charge in [-0.2, -0.15) is 4.72 Å². The number of nitrogens with one attached hydrogen (secondary N) is 3. The maximum absolute atomic E-state index is 13.0. The van der Waals surface area contributed by atoms with Gasteiger partial charge in [0.2, 0.25) is 20.0 Å². The number of amides is 1. The molecule has 0 spiro atoms. The Morgan fingerprint density at radius 3 is 2.02 bits per heavy atom. The molecular formula is C27H27N3O9S2. The molecule has 4 aromatic rings. The lowest BCUT2D eigenvalue weighted by atomic mass is 10.1. The van der Waals surface area contributed by atoms with E-state index < -0.39 is 44.1 Å². The second-order valence-electron chi connectivity index (χ2n) is 9.34. The van der Waals surface area contributed by atoms with E-state index in [1.807, 2.05) is 4.72 Å². The number of carbonyl (C=O) groups is 2. The van der Waals surface area contributed by atoms with Crippen molar-refractivity contribution < 1.29 is 41.1 Å². The SMILES string of the molecule is Cc1c(C(=O)Nc2ccc(-c3ccc(S(=O)(=O)N[C@H](C(=O)O)C(C)O)cc3)cc2)oc2cccc(NS(C)(=O)=O)c12. The number of carboxylic acids is 1. The van der Waals surface area contributed by atoms with Crippen molar-refractivity contribution in [1.82, 2.24) is 4.72 Å². The van der Waals surface area contributed by atoms with Gasteiger partial charge in [0.25, 0.3) is 5.91 Å². The molecule has 1 aromatic heterocycles. The fourth-order valence-corrected chi connectivity index (χ4v) is 5.99. The van der Waals surface area contributed by atoms with E-state index in [-0.39, 0.29) is 10.7 Å². The van der Waals surface area contributed by atoms with Gasteiger partial charge >= 0.3 is 5.97 Å². The summed E-state index contributed by atoms with van der Waals surface area (Å²) in [5.74, 6) is -2.01. The van der Waals surface area contributed by atoms with Crippen LogP contribution >= 0.6 is 0 Å². The van der Waals surface area contributed by atoms with Crippen LogP contribution in [0, 0.1) is 6.92 Å². The van der Waals surface area contributed by atoms with Crippen molar-refractivity contribution in [2.24, 2.45) is 0 Å². The molecule has 12 nitrogen and oxygen atoms in total. The molecule has 0 aliphatic heterocycles. The first-order valence-electron chi connectivity index (χ1n) is 12.1. The van der Waals surface area contributed by atoms with Gasteiger partial charge in [0.1, 0.15) is 11.6 Å². The molecule has 0 aliphatic carbocycles. The van der Waals surface area contributed by atoms with Crippen LogP contribution in [0.4, 0.5) is 11.4 Å². The smallest absolute Gasteiger partial charge is 0.324 e. The van der Waals surface area contributed by atoms with Gasteiger partial charge in [0, 0.05) is 16.6 Å². The van der Waals surface area contributed by atoms with Crippen LogP contribution in [-0.2, 0) is 24.8 Å². The molecule has 0 saturated heterocycles. The number of carbonyl (C=O) groups excluding carboxylic acids is 1. The van der Waals surface area contributed by atoms with Crippen LogP contribution in [0.5, 0.6) is 0 Å². The number of aliphatic hydroxyl groups excluding tert-OH is 1. The lowest BCUT2D eigenvalue weighted by molar-refractivity contribution is -0.141. The topological polar surface area (TPSA) is 192 Å². The van der Waals surface area contributed by atoms with Gasteiger partial charge in [0.15, 0.2) is 5.76 Å². The summed E-state index contributed by atoms with van der Waals surface area (Å²) in [7, 11) is -7.75. The van der Waals surface area contributed by atoms with E-state index in [1.54, 1.807) is 61.5 Å². The van der Waals surface area contributed by atoms with Crippen LogP contribution < -0.4 is 14.8 Å². The van der Waals surface area contributed by atoms with Crippen molar-refractivity contribution in [2.75, 3.05) is 16.3 Å². The van der Waals surface area contributed by atoms with Crippen molar-refractivity contribution in [3.05, 3.63) is 78.1 Å². The molecule has 0 radical (unpaired) electrons. The summed E-state index contributed by atoms with van der Waals surface area (Å²) in [4.78, 5) is 24.1. The van der Waals surface area contributed by atoms with E-state index in [0.29, 0.717) is 39.0 Å². The molecule has 41 heavy (non-hydrogen) atoms. The van der Waals surface area contributed by atoms with Gasteiger partial charge in [-0.05, 0) is 61.4 Å². The molecule has 14 heteroatoms. The number of rotatable bonds is 10. The number of carboxylic acid groups (broad SMARTS) is 1. The summed E-state index contributed by atoms with van der Waals surface area (Å²) < 4.78 is 58.7. The van der Waals surface area contributed by atoms with Gasteiger partial charge in [-0.3, -0.25) is 14.3 Å². The highest BCUT2D eigenvalue weighted by atomic mass is 32.2. The number of hydrogen-bond acceptors (Lipinski definition) is 8. The minimum Gasteiger partial charge on any atom is -0.480 e. The van der Waals surface area contributed by atoms with Crippen molar-refractivity contribution in [1.29, 1.82) is 0 Å². The zero-order valence-corrected chi connectivity index (χ0v) is 23.7. The number of hydrogen-bond donors (Lipinski definition) is 5. The molecule has 1 amide bonds. The molecule has 1 heterocycles.